The highest BCUT2D eigenvalue weighted by atomic mass is 19.1. The van der Waals surface area contributed by atoms with Gasteiger partial charge in [0.1, 0.15) is 11.9 Å². The van der Waals surface area contributed by atoms with E-state index >= 15 is 0 Å². The summed E-state index contributed by atoms with van der Waals surface area (Å²) >= 11 is 0. The van der Waals surface area contributed by atoms with E-state index in [-0.39, 0.29) is 49.8 Å². The van der Waals surface area contributed by atoms with Crippen LogP contribution in [0.5, 0.6) is 0 Å². The number of benzene rings is 1. The number of aliphatic hydroxyl groups excluding tert-OH is 1. The maximum absolute atomic E-state index is 14.3. The molecule has 31 heavy (non-hydrogen) atoms. The van der Waals surface area contributed by atoms with Crippen molar-refractivity contribution in [2.24, 2.45) is 0 Å². The van der Waals surface area contributed by atoms with Crippen LogP contribution in [0.3, 0.4) is 0 Å². The zero-order chi connectivity index (χ0) is 21.8. The summed E-state index contributed by atoms with van der Waals surface area (Å²) in [5, 5.41) is 10.2. The Morgan fingerprint density at radius 1 is 1.10 bits per heavy atom. The first kappa shape index (κ1) is 22.1. The Kier molecular flexibility index (Phi) is 7.16. The number of halogens is 1. The lowest BCUT2D eigenvalue weighted by Gasteiger charge is -2.44. The SMILES string of the molecule is O=C(C[C@H]1CC[C@H]2[C@@H](COC[C@@H](O)CN2C(=O)c2ccccc2F)O1)N1CCOCC1. The van der Waals surface area contributed by atoms with E-state index in [9.17, 15) is 19.1 Å². The van der Waals surface area contributed by atoms with Gasteiger partial charge < -0.3 is 29.1 Å². The molecule has 2 amide bonds. The quantitative estimate of drug-likeness (QED) is 0.755. The Hall–Kier alpha value is -2.07. The normalized spacial score (nSPS) is 29.6. The summed E-state index contributed by atoms with van der Waals surface area (Å²) < 4.78 is 31.3. The van der Waals surface area contributed by atoms with E-state index in [1.54, 1.807) is 11.0 Å². The molecule has 0 radical (unpaired) electrons. The maximum Gasteiger partial charge on any atom is 0.257 e. The summed E-state index contributed by atoms with van der Waals surface area (Å²) in [6.45, 7) is 2.56. The Balaban J connectivity index is 1.46. The fourth-order valence-corrected chi connectivity index (χ4v) is 4.50. The molecule has 3 heterocycles. The molecule has 9 heteroatoms. The van der Waals surface area contributed by atoms with E-state index in [0.29, 0.717) is 39.1 Å². The van der Waals surface area contributed by atoms with Gasteiger partial charge in [-0.3, -0.25) is 9.59 Å². The standard InChI is InChI=1S/C22H29FN2O6/c23-18-4-2-1-3-17(18)22(28)25-12-15(26)13-30-14-20-19(25)6-5-16(31-20)11-21(27)24-7-9-29-10-8-24/h1-4,15-16,19-20,26H,5-14H2/t15-,16+,19-,20+/m0/s1. The first-order chi connectivity index (χ1) is 15.0. The molecule has 170 valence electrons. The second-order valence-electron chi connectivity index (χ2n) is 8.27. The average molecular weight is 436 g/mol. The fourth-order valence-electron chi connectivity index (χ4n) is 4.50. The lowest BCUT2D eigenvalue weighted by Crippen LogP contribution is -2.57. The molecule has 3 saturated heterocycles. The van der Waals surface area contributed by atoms with Gasteiger partial charge in [-0.05, 0) is 25.0 Å². The van der Waals surface area contributed by atoms with Gasteiger partial charge in [0.05, 0.1) is 56.7 Å². The number of carbonyl (C=O) groups excluding carboxylic acids is 2. The Bertz CT molecular complexity index is 787. The van der Waals surface area contributed by atoms with Gasteiger partial charge in [0.15, 0.2) is 0 Å². The van der Waals surface area contributed by atoms with Gasteiger partial charge in [-0.25, -0.2) is 4.39 Å². The lowest BCUT2D eigenvalue weighted by atomic mass is 9.94. The van der Waals surface area contributed by atoms with Crippen molar-refractivity contribution in [1.82, 2.24) is 9.80 Å². The van der Waals surface area contributed by atoms with E-state index in [4.69, 9.17) is 14.2 Å². The van der Waals surface area contributed by atoms with Crippen LogP contribution in [-0.4, -0.2) is 97.1 Å². The van der Waals surface area contributed by atoms with Crippen molar-refractivity contribution >= 4 is 11.8 Å². The van der Waals surface area contributed by atoms with Crippen LogP contribution in [0.4, 0.5) is 4.39 Å². The Morgan fingerprint density at radius 3 is 2.65 bits per heavy atom. The predicted molar refractivity (Wildman–Crippen MR) is 108 cm³/mol. The molecule has 1 aromatic rings. The van der Waals surface area contributed by atoms with Crippen LogP contribution in [0.2, 0.25) is 0 Å². The molecule has 0 aliphatic carbocycles. The minimum absolute atomic E-state index is 0.0282. The molecule has 0 bridgehead atoms. The molecule has 1 aromatic carbocycles. The summed E-state index contributed by atoms with van der Waals surface area (Å²) in [7, 11) is 0. The molecule has 3 aliphatic heterocycles. The zero-order valence-corrected chi connectivity index (χ0v) is 17.5. The van der Waals surface area contributed by atoms with Crippen molar-refractivity contribution < 1.29 is 33.3 Å². The monoisotopic (exact) mass is 436 g/mol. The zero-order valence-electron chi connectivity index (χ0n) is 17.5. The number of hydrogen-bond acceptors (Lipinski definition) is 6. The van der Waals surface area contributed by atoms with Crippen molar-refractivity contribution in [1.29, 1.82) is 0 Å². The van der Waals surface area contributed by atoms with Gasteiger partial charge in [0.2, 0.25) is 5.91 Å². The molecule has 0 aromatic heterocycles. The van der Waals surface area contributed by atoms with Crippen LogP contribution >= 0.6 is 0 Å². The van der Waals surface area contributed by atoms with Crippen LogP contribution in [0.25, 0.3) is 0 Å². The lowest BCUT2D eigenvalue weighted by molar-refractivity contribution is -0.157. The van der Waals surface area contributed by atoms with Crippen LogP contribution in [0, 0.1) is 5.82 Å². The van der Waals surface area contributed by atoms with Crippen molar-refractivity contribution in [3.8, 4) is 0 Å². The third-order valence-corrected chi connectivity index (χ3v) is 6.11. The molecule has 0 unspecified atom stereocenters. The summed E-state index contributed by atoms with van der Waals surface area (Å²) in [4.78, 5) is 29.1. The molecule has 1 N–H and O–H groups in total. The molecule has 0 saturated carbocycles. The largest absolute Gasteiger partial charge is 0.389 e. The third-order valence-electron chi connectivity index (χ3n) is 6.11. The predicted octanol–water partition coefficient (Wildman–Crippen LogP) is 0.824. The number of amides is 2. The summed E-state index contributed by atoms with van der Waals surface area (Å²) in [6, 6.07) is 5.48. The minimum Gasteiger partial charge on any atom is -0.389 e. The number of morpholine rings is 1. The van der Waals surface area contributed by atoms with Crippen molar-refractivity contribution in [2.75, 3.05) is 46.1 Å². The number of nitrogens with zero attached hydrogens (tertiary/aromatic N) is 2. The van der Waals surface area contributed by atoms with Crippen LogP contribution in [0.1, 0.15) is 29.6 Å². The molecule has 4 rings (SSSR count). The third kappa shape index (κ3) is 5.23. The number of β-amino-alcohol motifs (C(OH)–C–C–N with tert-alkyl or cyclic N) is 1. The second-order valence-corrected chi connectivity index (χ2v) is 8.27. The van der Waals surface area contributed by atoms with E-state index in [0.717, 1.165) is 0 Å². The molecule has 0 spiro atoms. The second kappa shape index (κ2) is 10.0. The molecular formula is C22H29FN2O6. The first-order valence-corrected chi connectivity index (χ1v) is 10.8. The van der Waals surface area contributed by atoms with Crippen molar-refractivity contribution in [2.45, 2.75) is 43.6 Å². The molecule has 3 fully saturated rings. The highest BCUT2D eigenvalue weighted by molar-refractivity contribution is 5.94. The van der Waals surface area contributed by atoms with E-state index < -0.39 is 23.9 Å². The summed E-state index contributed by atoms with van der Waals surface area (Å²) in [5.41, 5.74) is -0.0282. The molecular weight excluding hydrogens is 407 g/mol. The highest BCUT2D eigenvalue weighted by Gasteiger charge is 2.41. The van der Waals surface area contributed by atoms with Gasteiger partial charge in [-0.15, -0.1) is 0 Å². The van der Waals surface area contributed by atoms with Gasteiger partial charge in [-0.1, -0.05) is 12.1 Å². The number of carbonyl (C=O) groups is 2. The van der Waals surface area contributed by atoms with E-state index in [2.05, 4.69) is 0 Å². The number of hydrogen-bond donors (Lipinski definition) is 1. The van der Waals surface area contributed by atoms with Gasteiger partial charge in [-0.2, -0.15) is 0 Å². The molecule has 4 atom stereocenters. The fraction of sp³-hybridized carbons (Fsp3) is 0.636. The minimum atomic E-state index is -0.864. The van der Waals surface area contributed by atoms with Crippen LogP contribution in [0.15, 0.2) is 24.3 Å². The van der Waals surface area contributed by atoms with Crippen LogP contribution < -0.4 is 0 Å². The summed E-state index contributed by atoms with van der Waals surface area (Å²) in [5.74, 6) is -1.03. The number of aliphatic hydroxyl groups is 1. The van der Waals surface area contributed by atoms with Gasteiger partial charge >= 0.3 is 0 Å². The molecule has 8 nitrogen and oxygen atoms in total. The smallest absolute Gasteiger partial charge is 0.257 e. The molecule has 3 aliphatic rings. The van der Waals surface area contributed by atoms with Gasteiger partial charge in [0.25, 0.3) is 5.91 Å². The van der Waals surface area contributed by atoms with E-state index in [1.807, 2.05) is 0 Å². The van der Waals surface area contributed by atoms with Crippen molar-refractivity contribution in [3.05, 3.63) is 35.6 Å². The van der Waals surface area contributed by atoms with Gasteiger partial charge in [0, 0.05) is 19.6 Å². The maximum atomic E-state index is 14.3. The average Bonchev–Trinajstić information content (AvgIpc) is 2.77. The number of fused-ring (bicyclic) bond motifs is 1. The Morgan fingerprint density at radius 2 is 1.87 bits per heavy atom. The highest BCUT2D eigenvalue weighted by Crippen LogP contribution is 2.29. The topological polar surface area (TPSA) is 88.5 Å². The number of rotatable bonds is 3. The Labute approximate surface area is 180 Å². The first-order valence-electron chi connectivity index (χ1n) is 10.8. The van der Waals surface area contributed by atoms with Crippen molar-refractivity contribution in [3.63, 3.8) is 0 Å². The van der Waals surface area contributed by atoms with Crippen LogP contribution in [-0.2, 0) is 19.0 Å². The number of ether oxygens (including phenoxy) is 3. The summed E-state index contributed by atoms with van der Waals surface area (Å²) in [6.07, 6.45) is -0.129. The van der Waals surface area contributed by atoms with E-state index in [1.165, 1.54) is 23.1 Å².